The Bertz CT molecular complexity index is 664. The van der Waals surface area contributed by atoms with E-state index < -0.39 is 4.87 Å². The van der Waals surface area contributed by atoms with Gasteiger partial charge >= 0.3 is 0 Å². The summed E-state index contributed by atoms with van der Waals surface area (Å²) in [7, 11) is 0. The van der Waals surface area contributed by atoms with Gasteiger partial charge in [0.1, 0.15) is 10.0 Å². The van der Waals surface area contributed by atoms with Crippen LogP contribution in [0.2, 0.25) is 0 Å². The van der Waals surface area contributed by atoms with Crippen molar-refractivity contribution in [2.45, 2.75) is 24.6 Å². The van der Waals surface area contributed by atoms with Crippen LogP contribution in [0.15, 0.2) is 53.5 Å². The Kier molecular flexibility index (Phi) is 3.57. The molecule has 1 nitrogen and oxygen atoms in total. The van der Waals surface area contributed by atoms with Crippen molar-refractivity contribution in [2.24, 2.45) is 4.99 Å². The van der Waals surface area contributed by atoms with Crippen molar-refractivity contribution in [3.05, 3.63) is 65.2 Å². The van der Waals surface area contributed by atoms with Gasteiger partial charge in [-0.2, -0.15) is 0 Å². The molecule has 0 aromatic heterocycles. The van der Waals surface area contributed by atoms with Crippen LogP contribution >= 0.6 is 23.2 Å². The molecule has 0 saturated carbocycles. The van der Waals surface area contributed by atoms with Crippen molar-refractivity contribution in [1.82, 2.24) is 0 Å². The highest BCUT2D eigenvalue weighted by atomic mass is 35.5. The van der Waals surface area contributed by atoms with Gasteiger partial charge in [-0.15, -0.1) is 11.6 Å². The molecule has 3 heteroatoms. The van der Waals surface area contributed by atoms with Crippen molar-refractivity contribution in [1.29, 1.82) is 0 Å². The lowest BCUT2D eigenvalue weighted by Crippen LogP contribution is -2.26. The lowest BCUT2D eigenvalue weighted by Gasteiger charge is -2.24. The zero-order chi connectivity index (χ0) is 14.2. The number of alkyl halides is 1. The zero-order valence-corrected chi connectivity index (χ0v) is 12.7. The molecule has 0 radical (unpaired) electrons. The first-order valence-corrected chi connectivity index (χ1v) is 7.44. The van der Waals surface area contributed by atoms with E-state index in [-0.39, 0.29) is 0 Å². The molecule has 1 unspecified atom stereocenters. The maximum atomic E-state index is 6.82. The molecule has 0 saturated heterocycles. The van der Waals surface area contributed by atoms with Gasteiger partial charge in [-0.05, 0) is 37.0 Å². The molecular weight excluding hydrogens is 289 g/mol. The molecule has 1 aliphatic heterocycles. The number of halogens is 2. The lowest BCUT2D eigenvalue weighted by atomic mass is 9.92. The second-order valence-electron chi connectivity index (χ2n) is 5.20. The molecule has 0 bridgehead atoms. The van der Waals surface area contributed by atoms with Gasteiger partial charge in [0, 0.05) is 0 Å². The van der Waals surface area contributed by atoms with Crippen LogP contribution in [0.4, 0.5) is 5.69 Å². The van der Waals surface area contributed by atoms with E-state index in [1.165, 1.54) is 11.1 Å². The summed E-state index contributed by atoms with van der Waals surface area (Å²) in [4.78, 5) is 3.83. The number of aliphatic imine (C=N–C) groups is 1. The van der Waals surface area contributed by atoms with Gasteiger partial charge in [-0.1, -0.05) is 59.6 Å². The number of benzene rings is 2. The molecule has 1 aliphatic rings. The van der Waals surface area contributed by atoms with Crippen LogP contribution < -0.4 is 0 Å². The van der Waals surface area contributed by atoms with Crippen molar-refractivity contribution in [2.75, 3.05) is 0 Å². The zero-order valence-electron chi connectivity index (χ0n) is 11.2. The quantitative estimate of drug-likeness (QED) is 0.630. The monoisotopic (exact) mass is 303 g/mol. The van der Waals surface area contributed by atoms with Gasteiger partial charge < -0.3 is 0 Å². The normalized spacial score (nSPS) is 21.9. The van der Waals surface area contributed by atoms with E-state index in [9.17, 15) is 0 Å². The molecule has 1 atom stereocenters. The van der Waals surface area contributed by atoms with Crippen LogP contribution in [0.25, 0.3) is 0 Å². The van der Waals surface area contributed by atoms with Gasteiger partial charge in [0.15, 0.2) is 0 Å². The minimum absolute atomic E-state index is 0.452. The lowest BCUT2D eigenvalue weighted by molar-refractivity contribution is 0.717. The summed E-state index contributed by atoms with van der Waals surface area (Å²) < 4.78 is 0. The summed E-state index contributed by atoms with van der Waals surface area (Å²) in [6.07, 6.45) is 1.62. The standard InChI is InChI=1S/C17H15Cl2N/c1-12-7-8-15-13(11-12)9-10-17(19,16(18)20-15)14-5-3-2-4-6-14/h2-8,11H,9-10H2,1H3. The molecule has 1 heterocycles. The number of nitrogens with zero attached hydrogens (tertiary/aromatic N) is 1. The predicted octanol–water partition coefficient (Wildman–Crippen LogP) is 5.34. The molecule has 3 rings (SSSR count). The fourth-order valence-electron chi connectivity index (χ4n) is 2.59. The first-order valence-electron chi connectivity index (χ1n) is 6.68. The number of hydrogen-bond acceptors (Lipinski definition) is 1. The Balaban J connectivity index is 2.07. The SMILES string of the molecule is Cc1ccc2c(c1)CCC(Cl)(c1ccccc1)C(Cl)=N2. The fraction of sp³-hybridized carbons (Fsp3) is 0.235. The largest absolute Gasteiger partial charge is 0.239 e. The van der Waals surface area contributed by atoms with E-state index in [1.807, 2.05) is 36.4 Å². The average molecular weight is 304 g/mol. The second-order valence-corrected chi connectivity index (χ2v) is 6.21. The van der Waals surface area contributed by atoms with Crippen LogP contribution in [0.5, 0.6) is 0 Å². The predicted molar refractivity (Wildman–Crippen MR) is 86.4 cm³/mol. The van der Waals surface area contributed by atoms with Crippen molar-refractivity contribution in [3.63, 3.8) is 0 Å². The Hall–Kier alpha value is -1.31. The number of rotatable bonds is 1. The van der Waals surface area contributed by atoms with Crippen molar-refractivity contribution < 1.29 is 0 Å². The fourth-order valence-corrected chi connectivity index (χ4v) is 3.15. The molecule has 2 aromatic carbocycles. The molecule has 2 aromatic rings. The smallest absolute Gasteiger partial charge is 0.132 e. The summed E-state index contributed by atoms with van der Waals surface area (Å²) in [5.41, 5.74) is 4.37. The van der Waals surface area contributed by atoms with Crippen LogP contribution in [0.1, 0.15) is 23.1 Å². The molecule has 0 amide bonds. The van der Waals surface area contributed by atoms with E-state index in [2.05, 4.69) is 24.0 Å². The third kappa shape index (κ3) is 2.36. The Morgan fingerprint density at radius 1 is 1.10 bits per heavy atom. The summed E-state index contributed by atoms with van der Waals surface area (Å²) in [5.74, 6) is 0. The van der Waals surface area contributed by atoms with Crippen molar-refractivity contribution in [3.8, 4) is 0 Å². The van der Waals surface area contributed by atoms with E-state index in [0.29, 0.717) is 5.17 Å². The first-order chi connectivity index (χ1) is 9.59. The van der Waals surface area contributed by atoms with Gasteiger partial charge in [-0.3, -0.25) is 0 Å². The summed E-state index contributed by atoms with van der Waals surface area (Å²) >= 11 is 13.3. The molecule has 0 fully saturated rings. The van der Waals surface area contributed by atoms with Gasteiger partial charge in [0.05, 0.1) is 5.69 Å². The van der Waals surface area contributed by atoms with E-state index in [1.54, 1.807) is 0 Å². The Labute approximate surface area is 129 Å². The molecule has 102 valence electrons. The molecule has 20 heavy (non-hydrogen) atoms. The Morgan fingerprint density at radius 3 is 2.60 bits per heavy atom. The van der Waals surface area contributed by atoms with Crippen molar-refractivity contribution >= 4 is 34.1 Å². The first kappa shape index (κ1) is 13.7. The summed E-state index contributed by atoms with van der Waals surface area (Å²) in [5, 5.41) is 0.452. The molecule has 0 aliphatic carbocycles. The number of fused-ring (bicyclic) bond motifs is 1. The summed E-state index contributed by atoms with van der Waals surface area (Å²) in [6.45, 7) is 2.08. The van der Waals surface area contributed by atoms with Crippen LogP contribution in [-0.4, -0.2) is 5.17 Å². The van der Waals surface area contributed by atoms with Crippen LogP contribution in [0, 0.1) is 6.92 Å². The third-order valence-electron chi connectivity index (χ3n) is 3.75. The van der Waals surface area contributed by atoms with E-state index in [0.717, 1.165) is 24.1 Å². The van der Waals surface area contributed by atoms with Gasteiger partial charge in [0.2, 0.25) is 0 Å². The molecule has 0 spiro atoms. The third-order valence-corrected chi connectivity index (χ3v) is 4.84. The highest BCUT2D eigenvalue weighted by Crippen LogP contribution is 2.41. The highest BCUT2D eigenvalue weighted by Gasteiger charge is 2.36. The average Bonchev–Trinajstić information content (AvgIpc) is 2.59. The van der Waals surface area contributed by atoms with Crippen LogP contribution in [0.3, 0.4) is 0 Å². The maximum absolute atomic E-state index is 6.82. The maximum Gasteiger partial charge on any atom is 0.132 e. The topological polar surface area (TPSA) is 12.4 Å². The minimum atomic E-state index is -0.726. The van der Waals surface area contributed by atoms with Gasteiger partial charge in [-0.25, -0.2) is 4.99 Å². The molecule has 0 N–H and O–H groups in total. The van der Waals surface area contributed by atoms with E-state index in [4.69, 9.17) is 23.2 Å². The van der Waals surface area contributed by atoms with Crippen LogP contribution in [-0.2, 0) is 11.3 Å². The number of aryl methyl sites for hydroxylation is 2. The number of hydrogen-bond donors (Lipinski definition) is 0. The minimum Gasteiger partial charge on any atom is -0.239 e. The highest BCUT2D eigenvalue weighted by molar-refractivity contribution is 6.72. The summed E-state index contributed by atoms with van der Waals surface area (Å²) in [6, 6.07) is 16.2. The van der Waals surface area contributed by atoms with Gasteiger partial charge in [0.25, 0.3) is 0 Å². The van der Waals surface area contributed by atoms with E-state index >= 15 is 0 Å². The molecular formula is C17H15Cl2N. The second kappa shape index (κ2) is 5.23. The Morgan fingerprint density at radius 2 is 1.85 bits per heavy atom.